The molecular formula is C20H18F3N3O2. The summed E-state index contributed by atoms with van der Waals surface area (Å²) in [6.45, 7) is 1.67. The van der Waals surface area contributed by atoms with Crippen molar-refractivity contribution in [2.24, 2.45) is 11.0 Å². The second kappa shape index (κ2) is 7.84. The van der Waals surface area contributed by atoms with Gasteiger partial charge in [0.05, 0.1) is 5.71 Å². The third kappa shape index (κ3) is 4.76. The van der Waals surface area contributed by atoms with E-state index in [2.05, 4.69) is 10.5 Å². The summed E-state index contributed by atoms with van der Waals surface area (Å²) in [4.78, 5) is 23.1. The van der Waals surface area contributed by atoms with Crippen molar-refractivity contribution >= 4 is 23.2 Å². The van der Waals surface area contributed by atoms with Crippen molar-refractivity contribution in [2.45, 2.75) is 25.4 Å². The zero-order chi connectivity index (χ0) is 20.3. The highest BCUT2D eigenvalue weighted by Gasteiger charge is 2.43. The maximum atomic E-state index is 12.3. The fourth-order valence-corrected chi connectivity index (χ4v) is 2.84. The zero-order valence-corrected chi connectivity index (χ0v) is 15.0. The van der Waals surface area contributed by atoms with Gasteiger partial charge in [0, 0.05) is 11.6 Å². The largest absolute Gasteiger partial charge is 0.471 e. The molecule has 0 spiro atoms. The van der Waals surface area contributed by atoms with Gasteiger partial charge < -0.3 is 5.32 Å². The third-order valence-corrected chi connectivity index (χ3v) is 4.51. The summed E-state index contributed by atoms with van der Waals surface area (Å²) in [6, 6.07) is 15.5. The van der Waals surface area contributed by atoms with E-state index in [4.69, 9.17) is 0 Å². The number of hydrogen-bond acceptors (Lipinski definition) is 3. The van der Waals surface area contributed by atoms with Crippen LogP contribution >= 0.6 is 0 Å². The number of nitrogens with one attached hydrogen (secondary N) is 2. The van der Waals surface area contributed by atoms with Crippen LogP contribution in [0.25, 0.3) is 0 Å². The average molecular weight is 389 g/mol. The van der Waals surface area contributed by atoms with Gasteiger partial charge in [0.15, 0.2) is 0 Å². The zero-order valence-electron chi connectivity index (χ0n) is 15.0. The molecule has 0 aromatic heterocycles. The number of alkyl halides is 3. The van der Waals surface area contributed by atoms with Crippen LogP contribution in [0.2, 0.25) is 0 Å². The van der Waals surface area contributed by atoms with Gasteiger partial charge in [-0.25, -0.2) is 5.43 Å². The van der Waals surface area contributed by atoms with Gasteiger partial charge in [-0.05, 0) is 42.5 Å². The highest BCUT2D eigenvalue weighted by molar-refractivity contribution is 6.00. The normalized spacial score (nSPS) is 19.1. The maximum absolute atomic E-state index is 12.3. The lowest BCUT2D eigenvalue weighted by molar-refractivity contribution is -0.167. The molecule has 2 N–H and O–H groups in total. The lowest BCUT2D eigenvalue weighted by Gasteiger charge is -2.08. The molecule has 1 fully saturated rings. The van der Waals surface area contributed by atoms with Crippen LogP contribution < -0.4 is 10.7 Å². The minimum absolute atomic E-state index is 0.0200. The third-order valence-electron chi connectivity index (χ3n) is 4.51. The summed E-state index contributed by atoms with van der Waals surface area (Å²) in [5.41, 5.74) is 4.80. The monoisotopic (exact) mass is 389 g/mol. The molecule has 5 nitrogen and oxygen atoms in total. The predicted octanol–water partition coefficient (Wildman–Crippen LogP) is 3.83. The maximum Gasteiger partial charge on any atom is 0.471 e. The molecule has 8 heteroatoms. The van der Waals surface area contributed by atoms with Crippen molar-refractivity contribution < 1.29 is 22.8 Å². The SMILES string of the molecule is C/C(=N\NC(=O)C1CC1c1ccccc1)c1ccc(NC(=O)C(F)(F)F)cc1. The lowest BCUT2D eigenvalue weighted by atomic mass is 10.1. The molecule has 0 heterocycles. The number of carbonyl (C=O) groups excluding carboxylic acids is 2. The van der Waals surface area contributed by atoms with Crippen LogP contribution in [0.3, 0.4) is 0 Å². The molecule has 2 aromatic carbocycles. The molecule has 0 radical (unpaired) electrons. The highest BCUT2D eigenvalue weighted by atomic mass is 19.4. The Labute approximate surface area is 159 Å². The number of hydrazone groups is 1. The molecule has 0 aliphatic heterocycles. The molecule has 1 saturated carbocycles. The molecule has 0 saturated heterocycles. The smallest absolute Gasteiger partial charge is 0.318 e. The summed E-state index contributed by atoms with van der Waals surface area (Å²) < 4.78 is 36.8. The van der Waals surface area contributed by atoms with E-state index in [0.29, 0.717) is 11.3 Å². The Kier molecular flexibility index (Phi) is 5.48. The second-order valence-corrected chi connectivity index (χ2v) is 6.56. The topological polar surface area (TPSA) is 70.6 Å². The molecule has 2 atom stereocenters. The minimum Gasteiger partial charge on any atom is -0.318 e. The fourth-order valence-electron chi connectivity index (χ4n) is 2.84. The quantitative estimate of drug-likeness (QED) is 0.603. The molecule has 28 heavy (non-hydrogen) atoms. The predicted molar refractivity (Wildman–Crippen MR) is 98.8 cm³/mol. The first-order chi connectivity index (χ1) is 13.3. The van der Waals surface area contributed by atoms with Crippen LogP contribution in [0.5, 0.6) is 0 Å². The van der Waals surface area contributed by atoms with E-state index in [9.17, 15) is 22.8 Å². The molecule has 0 bridgehead atoms. The Morgan fingerprint density at radius 2 is 1.68 bits per heavy atom. The Morgan fingerprint density at radius 3 is 2.29 bits per heavy atom. The van der Waals surface area contributed by atoms with Gasteiger partial charge >= 0.3 is 12.1 Å². The van der Waals surface area contributed by atoms with Crippen molar-refractivity contribution in [3.63, 3.8) is 0 Å². The molecule has 2 amide bonds. The second-order valence-electron chi connectivity index (χ2n) is 6.56. The number of nitrogens with zero attached hydrogens (tertiary/aromatic N) is 1. The Hall–Kier alpha value is -3.16. The fraction of sp³-hybridized carbons (Fsp3) is 0.250. The number of anilines is 1. The van der Waals surface area contributed by atoms with Gasteiger partial charge in [-0.15, -0.1) is 0 Å². The summed E-state index contributed by atoms with van der Waals surface area (Å²) >= 11 is 0. The van der Waals surface area contributed by atoms with Gasteiger partial charge in [-0.3, -0.25) is 9.59 Å². The van der Waals surface area contributed by atoms with Gasteiger partial charge in [-0.2, -0.15) is 18.3 Å². The standard InChI is InChI=1S/C20H18F3N3O2/c1-12(13-7-9-15(10-8-13)24-19(28)20(21,22)23)25-26-18(27)17-11-16(17)14-5-3-2-4-6-14/h2-10,16-17H,11H2,1H3,(H,24,28)(H,26,27)/b25-12+. The Balaban J connectivity index is 1.55. The summed E-state index contributed by atoms with van der Waals surface area (Å²) in [6.07, 6.45) is -4.17. The number of carbonyl (C=O) groups is 2. The Bertz CT molecular complexity index is 893. The highest BCUT2D eigenvalue weighted by Crippen LogP contribution is 2.47. The van der Waals surface area contributed by atoms with Crippen molar-refractivity contribution in [3.8, 4) is 0 Å². The molecule has 2 unspecified atom stereocenters. The molecule has 1 aliphatic carbocycles. The van der Waals surface area contributed by atoms with Crippen LogP contribution in [-0.4, -0.2) is 23.7 Å². The molecule has 3 rings (SSSR count). The number of halogens is 3. The van der Waals surface area contributed by atoms with Gasteiger partial charge in [0.1, 0.15) is 0 Å². The van der Waals surface area contributed by atoms with E-state index >= 15 is 0 Å². The van der Waals surface area contributed by atoms with E-state index in [1.54, 1.807) is 12.2 Å². The van der Waals surface area contributed by atoms with E-state index in [-0.39, 0.29) is 23.4 Å². The van der Waals surface area contributed by atoms with Crippen LogP contribution in [0.4, 0.5) is 18.9 Å². The average Bonchev–Trinajstić information content (AvgIpc) is 3.47. The van der Waals surface area contributed by atoms with Crippen molar-refractivity contribution in [1.29, 1.82) is 0 Å². The molecule has 2 aromatic rings. The lowest BCUT2D eigenvalue weighted by Crippen LogP contribution is -2.29. The molecular weight excluding hydrogens is 371 g/mol. The summed E-state index contributed by atoms with van der Waals surface area (Å²) in [5, 5.41) is 5.83. The van der Waals surface area contributed by atoms with Crippen molar-refractivity contribution in [2.75, 3.05) is 5.32 Å². The van der Waals surface area contributed by atoms with E-state index in [0.717, 1.165) is 12.0 Å². The van der Waals surface area contributed by atoms with E-state index in [1.165, 1.54) is 24.3 Å². The first-order valence-electron chi connectivity index (χ1n) is 8.63. The summed E-state index contributed by atoms with van der Waals surface area (Å²) in [5.74, 6) is -2.11. The number of amides is 2. The van der Waals surface area contributed by atoms with E-state index in [1.807, 2.05) is 30.3 Å². The van der Waals surface area contributed by atoms with Crippen LogP contribution in [0.1, 0.15) is 30.4 Å². The van der Waals surface area contributed by atoms with Crippen LogP contribution in [0.15, 0.2) is 59.7 Å². The molecule has 1 aliphatic rings. The van der Waals surface area contributed by atoms with Gasteiger partial charge in [-0.1, -0.05) is 42.5 Å². The van der Waals surface area contributed by atoms with Crippen LogP contribution in [-0.2, 0) is 9.59 Å². The minimum atomic E-state index is -4.94. The molecule has 146 valence electrons. The first kappa shape index (κ1) is 19.6. The number of rotatable bonds is 5. The van der Waals surface area contributed by atoms with Crippen LogP contribution in [0, 0.1) is 5.92 Å². The Morgan fingerprint density at radius 1 is 1.04 bits per heavy atom. The van der Waals surface area contributed by atoms with Gasteiger partial charge in [0.25, 0.3) is 0 Å². The summed E-state index contributed by atoms with van der Waals surface area (Å²) in [7, 11) is 0. The van der Waals surface area contributed by atoms with Crippen molar-refractivity contribution in [1.82, 2.24) is 5.43 Å². The number of hydrogen-bond donors (Lipinski definition) is 2. The number of benzene rings is 2. The first-order valence-corrected chi connectivity index (χ1v) is 8.63. The van der Waals surface area contributed by atoms with E-state index < -0.39 is 12.1 Å². The van der Waals surface area contributed by atoms with Crippen molar-refractivity contribution in [3.05, 3.63) is 65.7 Å². The van der Waals surface area contributed by atoms with Gasteiger partial charge in [0.2, 0.25) is 5.91 Å².